The summed E-state index contributed by atoms with van der Waals surface area (Å²) in [7, 11) is 2.75. The van der Waals surface area contributed by atoms with Crippen LogP contribution in [0.4, 0.5) is 0 Å². The van der Waals surface area contributed by atoms with Gasteiger partial charge in [-0.05, 0) is 35.9 Å². The smallest absolute Gasteiger partial charge is 0.343 e. The van der Waals surface area contributed by atoms with Crippen LogP contribution in [0.5, 0.6) is 11.5 Å². The van der Waals surface area contributed by atoms with Gasteiger partial charge in [0.2, 0.25) is 0 Å². The van der Waals surface area contributed by atoms with Gasteiger partial charge in [-0.1, -0.05) is 18.2 Å². The maximum absolute atomic E-state index is 12.6. The Morgan fingerprint density at radius 3 is 2.79 bits per heavy atom. The van der Waals surface area contributed by atoms with Gasteiger partial charge in [-0.3, -0.25) is 14.2 Å². The number of nitrogens with zero attached hydrogens (tertiary/aromatic N) is 2. The minimum atomic E-state index is -0.644. The van der Waals surface area contributed by atoms with Gasteiger partial charge in [-0.2, -0.15) is 0 Å². The number of aromatic nitrogens is 2. The van der Waals surface area contributed by atoms with Crippen molar-refractivity contribution in [1.29, 1.82) is 0 Å². The van der Waals surface area contributed by atoms with E-state index in [1.54, 1.807) is 36.4 Å². The van der Waals surface area contributed by atoms with Crippen LogP contribution in [0.15, 0.2) is 53.5 Å². The summed E-state index contributed by atoms with van der Waals surface area (Å²) in [5.74, 6) is -1.14. The monoisotopic (exact) mass is 394 g/mol. The predicted octanol–water partition coefficient (Wildman–Crippen LogP) is 2.09. The van der Waals surface area contributed by atoms with Crippen molar-refractivity contribution in [1.82, 2.24) is 9.55 Å². The highest BCUT2D eigenvalue weighted by Crippen LogP contribution is 2.25. The van der Waals surface area contributed by atoms with Crippen LogP contribution >= 0.6 is 0 Å². The molecule has 0 radical (unpaired) electrons. The first-order chi connectivity index (χ1) is 13.9. The van der Waals surface area contributed by atoms with E-state index in [0.717, 1.165) is 0 Å². The number of aryl methyl sites for hydroxylation is 1. The number of ether oxygens (including phenoxy) is 2. The maximum Gasteiger partial charge on any atom is 0.343 e. The number of hydrogen-bond donors (Lipinski definition) is 1. The number of carbonyl (C=O) groups excluding carboxylic acids is 2. The van der Waals surface area contributed by atoms with E-state index in [4.69, 9.17) is 4.74 Å². The van der Waals surface area contributed by atoms with Crippen molar-refractivity contribution >= 4 is 28.9 Å². The Balaban J connectivity index is 1.88. The van der Waals surface area contributed by atoms with Crippen LogP contribution in [0.1, 0.15) is 15.9 Å². The van der Waals surface area contributed by atoms with Crippen molar-refractivity contribution in [3.05, 3.63) is 70.2 Å². The van der Waals surface area contributed by atoms with Crippen LogP contribution in [-0.4, -0.2) is 40.1 Å². The first kappa shape index (κ1) is 19.8. The summed E-state index contributed by atoms with van der Waals surface area (Å²) in [6.45, 7) is -0.238. The molecule has 29 heavy (non-hydrogen) atoms. The van der Waals surface area contributed by atoms with Crippen LogP contribution < -0.4 is 10.3 Å². The molecule has 0 fully saturated rings. The third kappa shape index (κ3) is 4.16. The molecule has 0 amide bonds. The van der Waals surface area contributed by atoms with E-state index in [9.17, 15) is 19.5 Å². The zero-order valence-electron chi connectivity index (χ0n) is 15.8. The number of aromatic hydroxyl groups is 1. The third-order valence-corrected chi connectivity index (χ3v) is 4.23. The number of rotatable bonds is 6. The summed E-state index contributed by atoms with van der Waals surface area (Å²) < 4.78 is 11.0. The quantitative estimate of drug-likeness (QED) is 0.387. The molecule has 2 heterocycles. The summed E-state index contributed by atoms with van der Waals surface area (Å²) in [4.78, 5) is 40.4. The SMILES string of the molecule is COC(=O)COc1cccc(/C=C/C(=O)c2c(O)c3cccnc3n(C)c2=O)c1. The lowest BCUT2D eigenvalue weighted by molar-refractivity contribution is -0.142. The highest BCUT2D eigenvalue weighted by Gasteiger charge is 2.19. The Morgan fingerprint density at radius 2 is 2.03 bits per heavy atom. The van der Waals surface area contributed by atoms with Gasteiger partial charge in [-0.15, -0.1) is 0 Å². The van der Waals surface area contributed by atoms with Gasteiger partial charge in [0.05, 0.1) is 12.5 Å². The lowest BCUT2D eigenvalue weighted by atomic mass is 10.1. The van der Waals surface area contributed by atoms with Gasteiger partial charge in [0.15, 0.2) is 12.4 Å². The number of methoxy groups -OCH3 is 1. The highest BCUT2D eigenvalue weighted by atomic mass is 16.6. The molecule has 8 heteroatoms. The van der Waals surface area contributed by atoms with Gasteiger partial charge in [0.1, 0.15) is 22.7 Å². The summed E-state index contributed by atoms with van der Waals surface area (Å²) in [6, 6.07) is 9.87. The summed E-state index contributed by atoms with van der Waals surface area (Å²) in [6.07, 6.45) is 4.18. The molecule has 0 saturated heterocycles. The molecule has 0 aliphatic carbocycles. The molecule has 148 valence electrons. The van der Waals surface area contributed by atoms with E-state index in [0.29, 0.717) is 16.7 Å². The lowest BCUT2D eigenvalue weighted by Crippen LogP contribution is -2.24. The van der Waals surface area contributed by atoms with E-state index >= 15 is 0 Å². The molecule has 1 aromatic carbocycles. The third-order valence-electron chi connectivity index (χ3n) is 4.23. The van der Waals surface area contributed by atoms with Crippen LogP contribution in [0.2, 0.25) is 0 Å². The number of allylic oxidation sites excluding steroid dienone is 1. The van der Waals surface area contributed by atoms with Crippen LogP contribution in [-0.2, 0) is 16.6 Å². The van der Waals surface area contributed by atoms with E-state index in [2.05, 4.69) is 9.72 Å². The molecule has 8 nitrogen and oxygen atoms in total. The molecular weight excluding hydrogens is 376 g/mol. The number of fused-ring (bicyclic) bond motifs is 1. The van der Waals surface area contributed by atoms with Crippen molar-refractivity contribution in [3.8, 4) is 11.5 Å². The zero-order chi connectivity index (χ0) is 21.0. The molecule has 3 rings (SSSR count). The summed E-state index contributed by atoms with van der Waals surface area (Å²) >= 11 is 0. The van der Waals surface area contributed by atoms with Gasteiger partial charge in [-0.25, -0.2) is 9.78 Å². The fourth-order valence-corrected chi connectivity index (χ4v) is 2.74. The standard InChI is InChI=1S/C21H18N2O6/c1-23-20-15(7-4-10-22-20)19(26)18(21(23)27)16(24)9-8-13-5-3-6-14(11-13)29-12-17(25)28-2/h3-11,26H,12H2,1-2H3/b9-8+. The normalized spacial score (nSPS) is 11.0. The van der Waals surface area contributed by atoms with E-state index in [-0.39, 0.29) is 17.8 Å². The molecular formula is C21H18N2O6. The number of pyridine rings is 2. The number of benzene rings is 1. The van der Waals surface area contributed by atoms with E-state index < -0.39 is 23.1 Å². The van der Waals surface area contributed by atoms with Crippen molar-refractivity contribution in [3.63, 3.8) is 0 Å². The van der Waals surface area contributed by atoms with Gasteiger partial charge < -0.3 is 14.6 Å². The summed E-state index contributed by atoms with van der Waals surface area (Å²) in [5, 5.41) is 10.7. The average Bonchev–Trinajstić information content (AvgIpc) is 2.75. The van der Waals surface area contributed by atoms with Crippen molar-refractivity contribution in [2.75, 3.05) is 13.7 Å². The Labute approximate surface area is 165 Å². The Morgan fingerprint density at radius 1 is 1.24 bits per heavy atom. The molecule has 1 N–H and O–H groups in total. The van der Waals surface area contributed by atoms with Crippen LogP contribution in [0.25, 0.3) is 17.1 Å². The van der Waals surface area contributed by atoms with Gasteiger partial charge in [0.25, 0.3) is 5.56 Å². The van der Waals surface area contributed by atoms with Crippen molar-refractivity contribution < 1.29 is 24.2 Å². The molecule has 0 bridgehead atoms. The minimum absolute atomic E-state index is 0.238. The van der Waals surface area contributed by atoms with E-state index in [1.165, 1.54) is 37.1 Å². The van der Waals surface area contributed by atoms with Crippen molar-refractivity contribution in [2.45, 2.75) is 0 Å². The molecule has 0 saturated carbocycles. The minimum Gasteiger partial charge on any atom is -0.506 e. The molecule has 0 atom stereocenters. The largest absolute Gasteiger partial charge is 0.506 e. The lowest BCUT2D eigenvalue weighted by Gasteiger charge is -2.09. The number of carbonyl (C=O) groups is 2. The molecule has 2 aromatic heterocycles. The number of esters is 1. The predicted molar refractivity (Wildman–Crippen MR) is 106 cm³/mol. The average molecular weight is 394 g/mol. The van der Waals surface area contributed by atoms with Crippen molar-refractivity contribution in [2.24, 2.45) is 7.05 Å². The molecule has 3 aromatic rings. The molecule has 0 unspecified atom stereocenters. The van der Waals surface area contributed by atoms with E-state index in [1.807, 2.05) is 0 Å². The topological polar surface area (TPSA) is 108 Å². The maximum atomic E-state index is 12.6. The Hall–Kier alpha value is -3.94. The number of hydrogen-bond acceptors (Lipinski definition) is 7. The second-order valence-electron chi connectivity index (χ2n) is 6.10. The number of ketones is 1. The molecule has 0 aliphatic rings. The first-order valence-electron chi connectivity index (χ1n) is 8.61. The summed E-state index contributed by atoms with van der Waals surface area (Å²) in [5.41, 5.74) is -0.0775. The van der Waals surface area contributed by atoms with Crippen LogP contribution in [0, 0.1) is 0 Å². The van der Waals surface area contributed by atoms with Gasteiger partial charge in [0, 0.05) is 13.2 Å². The Kier molecular flexibility index (Phi) is 5.73. The second-order valence-corrected chi connectivity index (χ2v) is 6.10. The molecule has 0 spiro atoms. The van der Waals surface area contributed by atoms with Crippen LogP contribution in [0.3, 0.4) is 0 Å². The molecule has 0 aliphatic heterocycles. The second kappa shape index (κ2) is 8.39. The zero-order valence-corrected chi connectivity index (χ0v) is 15.8. The first-order valence-corrected chi connectivity index (χ1v) is 8.61. The van der Waals surface area contributed by atoms with Gasteiger partial charge >= 0.3 is 5.97 Å². The fourth-order valence-electron chi connectivity index (χ4n) is 2.74. The fraction of sp³-hybridized carbons (Fsp3) is 0.143. The Bertz CT molecular complexity index is 1180. The highest BCUT2D eigenvalue weighted by molar-refractivity contribution is 6.10.